The van der Waals surface area contributed by atoms with E-state index in [4.69, 9.17) is 0 Å². The Morgan fingerprint density at radius 1 is 0.404 bits per heavy atom. The zero-order chi connectivity index (χ0) is 32.0. The summed E-state index contributed by atoms with van der Waals surface area (Å²) in [7, 11) is 0. The summed E-state index contributed by atoms with van der Waals surface area (Å²) in [6.07, 6.45) is 1.07. The van der Waals surface area contributed by atoms with Crippen molar-refractivity contribution in [2.24, 2.45) is 0 Å². The minimum Gasteiger partial charge on any atom is -0.310 e. The van der Waals surface area contributed by atoms with Crippen molar-refractivity contribution in [1.82, 2.24) is 0 Å². The van der Waals surface area contributed by atoms with Gasteiger partial charge in [0.1, 0.15) is 5.82 Å². The normalized spacial score (nSPS) is 11.1. The van der Waals surface area contributed by atoms with Crippen LogP contribution in [0.1, 0.15) is 11.1 Å². The van der Waals surface area contributed by atoms with E-state index in [1.54, 1.807) is 12.1 Å². The molecule has 0 atom stereocenters. The molecule has 0 saturated heterocycles. The lowest BCUT2D eigenvalue weighted by Crippen LogP contribution is -2.13. The number of fused-ring (bicyclic) bond motifs is 3. The second-order valence-electron chi connectivity index (χ2n) is 11.3. The number of hydrogen-bond acceptors (Lipinski definition) is 2. The monoisotopic (exact) mass is 674 g/mol. The van der Waals surface area contributed by atoms with Gasteiger partial charge in [-0.25, -0.2) is 4.39 Å². The molecule has 1 aliphatic carbocycles. The summed E-state index contributed by atoms with van der Waals surface area (Å²) in [5.41, 5.74) is 11.0. The third-order valence-electron chi connectivity index (χ3n) is 8.21. The van der Waals surface area contributed by atoms with E-state index in [1.807, 2.05) is 127 Å². The van der Waals surface area contributed by atoms with Crippen LogP contribution in [-0.2, 0) is 6.42 Å². The van der Waals surface area contributed by atoms with E-state index in [1.165, 1.54) is 26.7 Å². The van der Waals surface area contributed by atoms with Gasteiger partial charge in [-0.1, -0.05) is 125 Å². The molecule has 8 rings (SSSR count). The first-order valence-electron chi connectivity index (χ1n) is 15.6. The van der Waals surface area contributed by atoms with Gasteiger partial charge in [0.15, 0.2) is 0 Å². The first-order chi connectivity index (χ1) is 23.2. The molecule has 0 radical (unpaired) electrons. The summed E-state index contributed by atoms with van der Waals surface area (Å²) in [5, 5.41) is 0. The van der Waals surface area contributed by atoms with Crippen LogP contribution in [0.25, 0.3) is 11.1 Å². The summed E-state index contributed by atoms with van der Waals surface area (Å²) in [6, 6.07) is 60.4. The third-order valence-corrected chi connectivity index (χ3v) is 8.87. The number of para-hydroxylation sites is 4. The van der Waals surface area contributed by atoms with Crippen molar-refractivity contribution in [2.45, 2.75) is 6.42 Å². The summed E-state index contributed by atoms with van der Waals surface area (Å²) >= 11 is 3.62. The summed E-state index contributed by atoms with van der Waals surface area (Å²) in [6.45, 7) is 0. The predicted octanol–water partition coefficient (Wildman–Crippen LogP) is 12.8. The van der Waals surface area contributed by atoms with Crippen LogP contribution in [0.3, 0.4) is 0 Å². The van der Waals surface area contributed by atoms with E-state index in [-0.39, 0.29) is 5.82 Å². The van der Waals surface area contributed by atoms with E-state index in [2.05, 4.69) is 68.2 Å². The van der Waals surface area contributed by atoms with Crippen LogP contribution < -0.4 is 9.80 Å². The molecule has 2 nitrogen and oxygen atoms in total. The Bertz CT molecular complexity index is 1900. The quantitative estimate of drug-likeness (QED) is 0.173. The number of nitrogens with zero attached hydrogens (tertiary/aromatic N) is 2. The van der Waals surface area contributed by atoms with Gasteiger partial charge < -0.3 is 9.80 Å². The fraction of sp³-hybridized carbons (Fsp3) is 0.0233. The predicted molar refractivity (Wildman–Crippen MR) is 198 cm³/mol. The first kappa shape index (κ1) is 30.2. The fourth-order valence-corrected chi connectivity index (χ4v) is 6.78. The van der Waals surface area contributed by atoms with E-state index < -0.39 is 0 Å². The second kappa shape index (κ2) is 13.9. The van der Waals surface area contributed by atoms with Crippen LogP contribution >= 0.6 is 15.9 Å². The molecule has 0 bridgehead atoms. The molecule has 0 aliphatic heterocycles. The van der Waals surface area contributed by atoms with Crippen LogP contribution in [0.2, 0.25) is 0 Å². The average Bonchev–Trinajstić information content (AvgIpc) is 3.51. The van der Waals surface area contributed by atoms with Crippen molar-refractivity contribution >= 4 is 50.1 Å². The fourth-order valence-electron chi connectivity index (χ4n) is 6.16. The number of hydrogen-bond donors (Lipinski definition) is 0. The van der Waals surface area contributed by atoms with E-state index in [0.29, 0.717) is 0 Å². The molecule has 0 aromatic heterocycles. The molecule has 7 aromatic rings. The molecule has 0 amide bonds. The maximum atomic E-state index is 15.2. The van der Waals surface area contributed by atoms with Crippen molar-refractivity contribution in [3.05, 3.63) is 203 Å². The van der Waals surface area contributed by atoms with E-state index >= 15 is 4.39 Å². The number of halogens is 2. The molecule has 0 unspecified atom stereocenters. The van der Waals surface area contributed by atoms with Gasteiger partial charge in [0.25, 0.3) is 0 Å². The summed E-state index contributed by atoms with van der Waals surface area (Å²) < 4.78 is 16.4. The molecule has 228 valence electrons. The van der Waals surface area contributed by atoms with Gasteiger partial charge in [0.2, 0.25) is 0 Å². The highest BCUT2D eigenvalue weighted by Crippen LogP contribution is 2.42. The van der Waals surface area contributed by atoms with Crippen LogP contribution in [0.5, 0.6) is 0 Å². The molecule has 1 aliphatic rings. The molecule has 4 heteroatoms. The van der Waals surface area contributed by atoms with Crippen LogP contribution in [-0.4, -0.2) is 0 Å². The van der Waals surface area contributed by atoms with Crippen molar-refractivity contribution in [3.63, 3.8) is 0 Å². The van der Waals surface area contributed by atoms with Gasteiger partial charge in [-0.3, -0.25) is 0 Å². The third kappa shape index (κ3) is 6.60. The van der Waals surface area contributed by atoms with Gasteiger partial charge in [0, 0.05) is 27.2 Å². The number of rotatable bonds is 6. The molecular weight excluding hydrogens is 643 g/mol. The van der Waals surface area contributed by atoms with Gasteiger partial charge in [0.05, 0.1) is 11.4 Å². The molecule has 0 fully saturated rings. The van der Waals surface area contributed by atoms with Gasteiger partial charge in [-0.2, -0.15) is 0 Å². The lowest BCUT2D eigenvalue weighted by Gasteiger charge is -2.29. The number of benzene rings is 7. The summed E-state index contributed by atoms with van der Waals surface area (Å²) in [5.74, 6) is -0.295. The molecule has 0 N–H and O–H groups in total. The highest BCUT2D eigenvalue weighted by Gasteiger charge is 2.20. The first-order valence-corrected chi connectivity index (χ1v) is 16.4. The number of anilines is 6. The van der Waals surface area contributed by atoms with Gasteiger partial charge in [-0.05, 0) is 101 Å². The smallest absolute Gasteiger partial charge is 0.127 e. The second-order valence-corrected chi connectivity index (χ2v) is 12.1. The minimum atomic E-state index is -0.295. The van der Waals surface area contributed by atoms with Crippen molar-refractivity contribution in [3.8, 4) is 11.1 Å². The van der Waals surface area contributed by atoms with E-state index in [9.17, 15) is 0 Å². The average molecular weight is 676 g/mol. The summed E-state index contributed by atoms with van der Waals surface area (Å²) in [4.78, 5) is 4.14. The molecular formula is C43H32BrFN2. The Hall–Kier alpha value is -5.45. The lowest BCUT2D eigenvalue weighted by molar-refractivity contribution is 0.628. The lowest BCUT2D eigenvalue weighted by atomic mass is 10.1. The highest BCUT2D eigenvalue weighted by molar-refractivity contribution is 9.10. The van der Waals surface area contributed by atoms with Crippen molar-refractivity contribution in [2.75, 3.05) is 9.80 Å². The molecule has 0 heterocycles. The van der Waals surface area contributed by atoms with Gasteiger partial charge >= 0.3 is 0 Å². The van der Waals surface area contributed by atoms with Crippen molar-refractivity contribution in [1.29, 1.82) is 0 Å². The Balaban J connectivity index is 0.000000207. The Kier molecular flexibility index (Phi) is 8.94. The van der Waals surface area contributed by atoms with Crippen molar-refractivity contribution < 1.29 is 4.39 Å². The zero-order valence-corrected chi connectivity index (χ0v) is 27.3. The topological polar surface area (TPSA) is 6.48 Å². The molecule has 0 spiro atoms. The Labute approximate surface area is 284 Å². The maximum Gasteiger partial charge on any atom is 0.127 e. The molecule has 0 saturated carbocycles. The van der Waals surface area contributed by atoms with Crippen LogP contribution in [0.4, 0.5) is 38.5 Å². The zero-order valence-electron chi connectivity index (χ0n) is 25.7. The van der Waals surface area contributed by atoms with E-state index in [0.717, 1.165) is 40.5 Å². The Morgan fingerprint density at radius 2 is 0.809 bits per heavy atom. The SMILES string of the molecule is Brc1cccc2c1-c1ccccc1C2.Fc1cc(N(c2ccccc2)c2ccccc2)cc(N(c2ccccc2)c2ccccc2)c1. The van der Waals surface area contributed by atoms with Crippen LogP contribution in [0.15, 0.2) is 186 Å². The molecule has 47 heavy (non-hydrogen) atoms. The van der Waals surface area contributed by atoms with Crippen LogP contribution in [0, 0.1) is 5.82 Å². The maximum absolute atomic E-state index is 15.2. The van der Waals surface area contributed by atoms with Gasteiger partial charge in [-0.15, -0.1) is 0 Å². The highest BCUT2D eigenvalue weighted by atomic mass is 79.9. The largest absolute Gasteiger partial charge is 0.310 e. The molecule has 7 aromatic carbocycles. The Morgan fingerprint density at radius 3 is 1.28 bits per heavy atom. The standard InChI is InChI=1S/C30H23FN2.C13H9Br/c31-24-21-29(32(25-13-5-1-6-14-25)26-15-7-2-8-16-26)23-30(22-24)33(27-17-9-3-10-18-27)28-19-11-4-12-20-28;14-12-7-3-5-10-8-9-4-1-2-6-11(9)13(10)12/h1-23H;1-7H,8H2. The minimum absolute atomic E-state index is 0.295.